The summed E-state index contributed by atoms with van der Waals surface area (Å²) < 4.78 is 0. The highest BCUT2D eigenvalue weighted by Crippen LogP contribution is 2.14. The average molecular weight is 167 g/mol. The molecule has 0 aromatic carbocycles. The number of nitrogens with zero attached hydrogens (tertiary/aromatic N) is 2. The van der Waals surface area contributed by atoms with E-state index in [0.29, 0.717) is 5.92 Å². The van der Waals surface area contributed by atoms with Gasteiger partial charge >= 0.3 is 0 Å². The third-order valence-corrected chi connectivity index (χ3v) is 2.03. The van der Waals surface area contributed by atoms with Crippen molar-refractivity contribution in [2.75, 3.05) is 19.8 Å². The van der Waals surface area contributed by atoms with Crippen LogP contribution in [0.2, 0.25) is 0 Å². The summed E-state index contributed by atoms with van der Waals surface area (Å²) in [6.45, 7) is 11.0. The van der Waals surface area contributed by atoms with Crippen LogP contribution in [0.15, 0.2) is 17.3 Å². The molecule has 1 aliphatic rings. The van der Waals surface area contributed by atoms with E-state index in [9.17, 15) is 0 Å². The van der Waals surface area contributed by atoms with Crippen molar-refractivity contribution in [2.24, 2.45) is 10.9 Å². The van der Waals surface area contributed by atoms with E-state index in [4.69, 9.17) is 0 Å². The molecule has 68 valence electrons. The molecule has 0 fully saturated rings. The van der Waals surface area contributed by atoms with E-state index >= 15 is 0 Å². The zero-order valence-electron chi connectivity index (χ0n) is 7.88. The quantitative estimate of drug-likeness (QED) is 0.680. The lowest BCUT2D eigenvalue weighted by atomic mass is 10.1. The number of nitrogens with one attached hydrogen (secondary N) is 1. The van der Waals surface area contributed by atoms with Crippen LogP contribution in [0.4, 0.5) is 0 Å². The fraction of sp³-hybridized carbons (Fsp3) is 0.667. The molecule has 12 heavy (non-hydrogen) atoms. The van der Waals surface area contributed by atoms with E-state index < -0.39 is 0 Å². The van der Waals surface area contributed by atoms with E-state index in [1.54, 1.807) is 0 Å². The van der Waals surface area contributed by atoms with Crippen molar-refractivity contribution in [2.45, 2.75) is 13.8 Å². The minimum atomic E-state index is 0.480. The molecule has 3 nitrogen and oxygen atoms in total. The summed E-state index contributed by atoms with van der Waals surface area (Å²) in [6.07, 6.45) is 1.87. The van der Waals surface area contributed by atoms with Gasteiger partial charge in [0.15, 0.2) is 0 Å². The molecule has 0 amide bonds. The fourth-order valence-electron chi connectivity index (χ4n) is 1.15. The molecule has 0 spiro atoms. The monoisotopic (exact) mass is 167 g/mol. The van der Waals surface area contributed by atoms with E-state index in [-0.39, 0.29) is 0 Å². The lowest BCUT2D eigenvalue weighted by molar-refractivity contribution is 0.345. The van der Waals surface area contributed by atoms with Crippen LogP contribution < -0.4 is 5.32 Å². The topological polar surface area (TPSA) is 27.6 Å². The van der Waals surface area contributed by atoms with Crippen LogP contribution >= 0.6 is 0 Å². The fourth-order valence-corrected chi connectivity index (χ4v) is 1.15. The van der Waals surface area contributed by atoms with Gasteiger partial charge in [0, 0.05) is 18.2 Å². The summed E-state index contributed by atoms with van der Waals surface area (Å²) in [5, 5.41) is 3.26. The van der Waals surface area contributed by atoms with Crippen LogP contribution in [0.25, 0.3) is 0 Å². The zero-order valence-corrected chi connectivity index (χ0v) is 7.88. The molecule has 1 atom stereocenters. The Hall–Kier alpha value is -0.830. The highest BCUT2D eigenvalue weighted by atomic mass is 15.2. The molecule has 1 unspecified atom stereocenters. The predicted molar refractivity (Wildman–Crippen MR) is 52.0 cm³/mol. The van der Waals surface area contributed by atoms with Gasteiger partial charge in [-0.2, -0.15) is 0 Å². The molecular formula is C9H17N3. The van der Waals surface area contributed by atoms with Crippen LogP contribution in [0.3, 0.4) is 0 Å². The summed E-state index contributed by atoms with van der Waals surface area (Å²) in [5.74, 6) is 0.480. The minimum Gasteiger partial charge on any atom is -0.349 e. The molecule has 0 aromatic heterocycles. The second kappa shape index (κ2) is 4.26. The van der Waals surface area contributed by atoms with Gasteiger partial charge in [-0.1, -0.05) is 20.4 Å². The molecule has 0 aromatic rings. The van der Waals surface area contributed by atoms with Crippen molar-refractivity contribution >= 4 is 6.34 Å². The second-order valence-corrected chi connectivity index (χ2v) is 3.17. The third kappa shape index (κ3) is 2.34. The second-order valence-electron chi connectivity index (χ2n) is 3.17. The highest BCUT2D eigenvalue weighted by molar-refractivity contribution is 5.58. The van der Waals surface area contributed by atoms with Gasteiger partial charge in [0.25, 0.3) is 0 Å². The molecule has 0 saturated carbocycles. The van der Waals surface area contributed by atoms with Gasteiger partial charge in [-0.25, -0.2) is 4.99 Å². The van der Waals surface area contributed by atoms with Crippen molar-refractivity contribution < 1.29 is 0 Å². The highest BCUT2D eigenvalue weighted by Gasteiger charge is 2.13. The summed E-state index contributed by atoms with van der Waals surface area (Å²) in [4.78, 5) is 6.38. The first-order valence-corrected chi connectivity index (χ1v) is 4.41. The Balaban J connectivity index is 2.38. The SMILES string of the molecule is C=C1N=CN(CNCC)CC1C. The Kier molecular flexibility index (Phi) is 3.29. The molecule has 1 aliphatic heterocycles. The van der Waals surface area contributed by atoms with Gasteiger partial charge in [0.1, 0.15) is 0 Å². The van der Waals surface area contributed by atoms with Gasteiger partial charge in [-0.05, 0) is 6.54 Å². The van der Waals surface area contributed by atoms with Crippen LogP contribution in [-0.2, 0) is 0 Å². The Morgan fingerprint density at radius 1 is 1.83 bits per heavy atom. The largest absolute Gasteiger partial charge is 0.349 e. The first kappa shape index (κ1) is 9.26. The van der Waals surface area contributed by atoms with Crippen LogP contribution in [0.1, 0.15) is 13.8 Å². The maximum atomic E-state index is 4.21. The zero-order chi connectivity index (χ0) is 8.97. The average Bonchev–Trinajstić information content (AvgIpc) is 2.07. The lowest BCUT2D eigenvalue weighted by Gasteiger charge is -2.27. The van der Waals surface area contributed by atoms with E-state index in [1.807, 2.05) is 6.34 Å². The number of rotatable bonds is 3. The Morgan fingerprint density at radius 3 is 3.17 bits per heavy atom. The summed E-state index contributed by atoms with van der Waals surface area (Å²) in [6, 6.07) is 0. The maximum Gasteiger partial charge on any atom is 0.0918 e. The molecule has 1 N–H and O–H groups in total. The summed E-state index contributed by atoms with van der Waals surface area (Å²) >= 11 is 0. The molecular weight excluding hydrogens is 150 g/mol. The van der Waals surface area contributed by atoms with Crippen LogP contribution in [0.5, 0.6) is 0 Å². The standard InChI is InChI=1S/C9H17N3/c1-4-10-6-12-5-8(2)9(3)11-7-12/h7-8,10H,3-6H2,1-2H3. The van der Waals surface area contributed by atoms with Gasteiger partial charge in [0.2, 0.25) is 0 Å². The maximum absolute atomic E-state index is 4.21. The number of hydrogen-bond donors (Lipinski definition) is 1. The molecule has 0 bridgehead atoms. The first-order chi connectivity index (χ1) is 5.74. The van der Waals surface area contributed by atoms with E-state index in [0.717, 1.165) is 25.5 Å². The van der Waals surface area contributed by atoms with Crippen molar-refractivity contribution in [1.82, 2.24) is 10.2 Å². The number of aliphatic imine (C=N–C) groups is 1. The molecule has 1 rings (SSSR count). The minimum absolute atomic E-state index is 0.480. The molecule has 1 heterocycles. The lowest BCUT2D eigenvalue weighted by Crippen LogP contribution is -2.38. The molecule has 0 aliphatic carbocycles. The first-order valence-electron chi connectivity index (χ1n) is 4.41. The Bertz CT molecular complexity index is 186. The Morgan fingerprint density at radius 2 is 2.58 bits per heavy atom. The third-order valence-electron chi connectivity index (χ3n) is 2.03. The summed E-state index contributed by atoms with van der Waals surface area (Å²) in [5.41, 5.74) is 0.989. The normalized spacial score (nSPS) is 23.3. The van der Waals surface area contributed by atoms with Crippen molar-refractivity contribution in [3.8, 4) is 0 Å². The van der Waals surface area contributed by atoms with Crippen molar-refractivity contribution in [1.29, 1.82) is 0 Å². The van der Waals surface area contributed by atoms with E-state index in [2.05, 4.69) is 35.6 Å². The summed E-state index contributed by atoms with van der Waals surface area (Å²) in [7, 11) is 0. The predicted octanol–water partition coefficient (Wildman–Crippen LogP) is 1.05. The van der Waals surface area contributed by atoms with Crippen LogP contribution in [-0.4, -0.2) is 31.0 Å². The van der Waals surface area contributed by atoms with Crippen molar-refractivity contribution in [3.05, 3.63) is 12.3 Å². The molecule has 0 saturated heterocycles. The molecule has 0 radical (unpaired) electrons. The van der Waals surface area contributed by atoms with E-state index in [1.165, 1.54) is 0 Å². The molecule has 3 heteroatoms. The van der Waals surface area contributed by atoms with Gasteiger partial charge in [-0.15, -0.1) is 0 Å². The van der Waals surface area contributed by atoms with Gasteiger partial charge in [-0.3, -0.25) is 0 Å². The van der Waals surface area contributed by atoms with Crippen LogP contribution in [0, 0.1) is 5.92 Å². The number of hydrogen-bond acceptors (Lipinski definition) is 3. The Labute approximate surface area is 74.2 Å². The van der Waals surface area contributed by atoms with Crippen molar-refractivity contribution in [3.63, 3.8) is 0 Å². The van der Waals surface area contributed by atoms with Gasteiger partial charge in [0.05, 0.1) is 13.0 Å². The van der Waals surface area contributed by atoms with Gasteiger partial charge < -0.3 is 10.2 Å². The smallest absolute Gasteiger partial charge is 0.0918 e.